The molecule has 0 N–H and O–H groups in total. The minimum Gasteiger partial charge on any atom is -0.365 e. The third-order valence-electron chi connectivity index (χ3n) is 6.05. The van der Waals surface area contributed by atoms with E-state index in [-0.39, 0.29) is 5.91 Å². The first-order valence-corrected chi connectivity index (χ1v) is 12.0. The number of rotatable bonds is 7. The molecule has 0 atom stereocenters. The van der Waals surface area contributed by atoms with E-state index in [2.05, 4.69) is 22.5 Å². The van der Waals surface area contributed by atoms with Crippen molar-refractivity contribution in [1.82, 2.24) is 14.7 Å². The van der Waals surface area contributed by atoms with Gasteiger partial charge in [0.05, 0.1) is 41.6 Å². The first kappa shape index (κ1) is 23.0. The van der Waals surface area contributed by atoms with Crippen molar-refractivity contribution in [3.8, 4) is 6.07 Å². The van der Waals surface area contributed by atoms with Crippen molar-refractivity contribution < 1.29 is 9.18 Å². The van der Waals surface area contributed by atoms with Gasteiger partial charge in [-0.1, -0.05) is 24.8 Å². The Hall–Kier alpha value is -3.18. The molecule has 33 heavy (non-hydrogen) atoms. The van der Waals surface area contributed by atoms with Crippen LogP contribution in [0.4, 0.5) is 10.1 Å². The zero-order valence-electron chi connectivity index (χ0n) is 18.8. The predicted octanol–water partition coefficient (Wildman–Crippen LogP) is 4.66. The molecule has 1 amide bonds. The molecule has 4 rings (SSSR count). The Balaban J connectivity index is 1.58. The van der Waals surface area contributed by atoms with Crippen LogP contribution in [0.3, 0.4) is 0 Å². The lowest BCUT2D eigenvalue weighted by atomic mass is 10.1. The smallest absolute Gasteiger partial charge is 0.266 e. The van der Waals surface area contributed by atoms with Gasteiger partial charge in [0.15, 0.2) is 0 Å². The summed E-state index contributed by atoms with van der Waals surface area (Å²) in [4.78, 5) is 25.1. The molecule has 172 valence electrons. The first-order valence-electron chi connectivity index (χ1n) is 11.2. The van der Waals surface area contributed by atoms with Crippen LogP contribution < -0.4 is 0 Å². The maximum absolute atomic E-state index is 13.4. The molecule has 2 aliphatic rings. The fourth-order valence-electron chi connectivity index (χ4n) is 4.02. The summed E-state index contributed by atoms with van der Waals surface area (Å²) >= 11 is 1.34. The summed E-state index contributed by atoms with van der Waals surface area (Å²) < 4.78 is 13.4. The van der Waals surface area contributed by atoms with Gasteiger partial charge in [-0.2, -0.15) is 5.26 Å². The lowest BCUT2D eigenvalue weighted by Crippen LogP contribution is -2.46. The molecule has 0 radical (unpaired) electrons. The van der Waals surface area contributed by atoms with Crippen LogP contribution in [-0.2, 0) is 6.54 Å². The van der Waals surface area contributed by atoms with E-state index in [1.807, 2.05) is 35.5 Å². The average Bonchev–Trinajstić information content (AvgIpc) is 3.25. The van der Waals surface area contributed by atoms with Gasteiger partial charge in [0.2, 0.25) is 0 Å². The van der Waals surface area contributed by atoms with Gasteiger partial charge < -0.3 is 14.7 Å². The molecule has 2 aliphatic heterocycles. The van der Waals surface area contributed by atoms with Gasteiger partial charge in [0, 0.05) is 32.4 Å². The summed E-state index contributed by atoms with van der Waals surface area (Å²) in [5.41, 5.74) is 2.67. The Kier molecular flexibility index (Phi) is 7.09. The number of alkyl halides is 1. The van der Waals surface area contributed by atoms with E-state index in [1.165, 1.54) is 17.8 Å². The van der Waals surface area contributed by atoms with Crippen LogP contribution in [0.5, 0.6) is 0 Å². The molecule has 0 saturated carbocycles. The Morgan fingerprint density at radius 3 is 2.76 bits per heavy atom. The highest BCUT2D eigenvalue weighted by Gasteiger charge is 2.30. The average molecular weight is 466 g/mol. The summed E-state index contributed by atoms with van der Waals surface area (Å²) in [5, 5.41) is 9.37. The number of thiophene rings is 1. The number of halogens is 1. The van der Waals surface area contributed by atoms with Gasteiger partial charge >= 0.3 is 0 Å². The van der Waals surface area contributed by atoms with E-state index < -0.39 is 6.17 Å². The molecule has 2 fully saturated rings. The number of carbonyl (C=O) groups excluding carboxylic acids is 1. The first-order chi connectivity index (χ1) is 16.0. The molecular weight excluding hydrogens is 437 g/mol. The van der Waals surface area contributed by atoms with Crippen molar-refractivity contribution in [2.75, 3.05) is 33.2 Å². The number of aliphatic imine (C=N–C) groups is 1. The molecule has 3 heterocycles. The van der Waals surface area contributed by atoms with Crippen molar-refractivity contribution >= 4 is 35.0 Å². The third-order valence-corrected chi connectivity index (χ3v) is 7.21. The number of amides is 1. The molecule has 0 spiro atoms. The van der Waals surface area contributed by atoms with E-state index in [4.69, 9.17) is 0 Å². The third kappa shape index (κ3) is 5.25. The summed E-state index contributed by atoms with van der Waals surface area (Å²) in [7, 11) is 1.73. The second-order valence-corrected chi connectivity index (χ2v) is 9.60. The van der Waals surface area contributed by atoms with Crippen molar-refractivity contribution in [2.24, 2.45) is 4.99 Å². The monoisotopic (exact) mass is 465 g/mol. The number of likely N-dealkylation sites (tertiary alicyclic amines) is 2. The van der Waals surface area contributed by atoms with Crippen LogP contribution in [0.2, 0.25) is 0 Å². The zero-order chi connectivity index (χ0) is 23.4. The maximum atomic E-state index is 13.4. The fourth-order valence-corrected chi connectivity index (χ4v) is 5.12. The molecule has 1 aromatic carbocycles. The molecule has 0 bridgehead atoms. The summed E-state index contributed by atoms with van der Waals surface area (Å²) in [6.45, 7) is 7.04. The van der Waals surface area contributed by atoms with Crippen LogP contribution in [-0.4, -0.2) is 66.3 Å². The van der Waals surface area contributed by atoms with E-state index in [0.29, 0.717) is 35.8 Å². The lowest BCUT2D eigenvalue weighted by Gasteiger charge is -2.37. The molecule has 6 nitrogen and oxygen atoms in total. The molecule has 2 aromatic rings. The topological polar surface area (TPSA) is 62.9 Å². The number of carbonyl (C=O) groups is 1. The highest BCUT2D eigenvalue weighted by atomic mass is 32.1. The van der Waals surface area contributed by atoms with E-state index in [1.54, 1.807) is 18.0 Å². The summed E-state index contributed by atoms with van der Waals surface area (Å²) in [6.07, 6.45) is 4.52. The van der Waals surface area contributed by atoms with E-state index in [9.17, 15) is 14.4 Å². The van der Waals surface area contributed by atoms with Crippen molar-refractivity contribution in [1.29, 1.82) is 5.26 Å². The van der Waals surface area contributed by atoms with E-state index in [0.717, 1.165) is 42.1 Å². The number of hydrogen-bond acceptors (Lipinski definition) is 5. The fraction of sp³-hybridized carbons (Fsp3) is 0.400. The number of nitrogens with zero attached hydrogens (tertiary/aromatic N) is 5. The van der Waals surface area contributed by atoms with Crippen LogP contribution in [0.15, 0.2) is 41.9 Å². The SMILES string of the molecule is C=C(c1cc(N=CN2CCCCC2)c(C(=O)N(C)Cc2ccccc2C#N)s1)N1CC(F)C1. The highest BCUT2D eigenvalue weighted by molar-refractivity contribution is 7.15. The second-order valence-electron chi connectivity index (χ2n) is 8.55. The number of piperidine rings is 1. The van der Waals surface area contributed by atoms with Crippen LogP contribution in [0, 0.1) is 11.3 Å². The largest absolute Gasteiger partial charge is 0.365 e. The normalized spacial score (nSPS) is 16.5. The Labute approximate surface area is 198 Å². The van der Waals surface area contributed by atoms with Gasteiger partial charge in [-0.25, -0.2) is 9.38 Å². The summed E-state index contributed by atoms with van der Waals surface area (Å²) in [6, 6.07) is 11.3. The van der Waals surface area contributed by atoms with Gasteiger partial charge in [-0.05, 0) is 37.0 Å². The molecule has 1 aromatic heterocycles. The maximum Gasteiger partial charge on any atom is 0.266 e. The van der Waals surface area contributed by atoms with Crippen molar-refractivity contribution in [2.45, 2.75) is 32.0 Å². The highest BCUT2D eigenvalue weighted by Crippen LogP contribution is 2.37. The number of benzene rings is 1. The lowest BCUT2D eigenvalue weighted by molar-refractivity contribution is 0.0790. The number of nitriles is 1. The van der Waals surface area contributed by atoms with Crippen LogP contribution in [0.25, 0.3) is 5.70 Å². The molecule has 0 unspecified atom stereocenters. The summed E-state index contributed by atoms with van der Waals surface area (Å²) in [5.74, 6) is -0.162. The number of hydrogen-bond donors (Lipinski definition) is 0. The van der Waals surface area contributed by atoms with Crippen LogP contribution >= 0.6 is 11.3 Å². The van der Waals surface area contributed by atoms with Crippen molar-refractivity contribution in [3.63, 3.8) is 0 Å². The molecular formula is C25H28FN5OS. The zero-order valence-corrected chi connectivity index (χ0v) is 19.7. The van der Waals surface area contributed by atoms with E-state index >= 15 is 0 Å². The minimum absolute atomic E-state index is 0.162. The Morgan fingerprint density at radius 2 is 2.06 bits per heavy atom. The molecule has 8 heteroatoms. The second kappa shape index (κ2) is 10.2. The van der Waals surface area contributed by atoms with Gasteiger partial charge in [0.1, 0.15) is 11.0 Å². The molecule has 0 aliphatic carbocycles. The van der Waals surface area contributed by atoms with Crippen molar-refractivity contribution in [3.05, 3.63) is 57.8 Å². The van der Waals surface area contributed by atoms with Crippen LogP contribution in [0.1, 0.15) is 44.9 Å². The Bertz CT molecular complexity index is 1090. The van der Waals surface area contributed by atoms with Gasteiger partial charge in [-0.3, -0.25) is 4.79 Å². The minimum atomic E-state index is -0.828. The quantitative estimate of drug-likeness (QED) is 0.441. The predicted molar refractivity (Wildman–Crippen MR) is 130 cm³/mol. The molecule has 2 saturated heterocycles. The Morgan fingerprint density at radius 1 is 1.33 bits per heavy atom. The van der Waals surface area contributed by atoms with Gasteiger partial charge in [-0.15, -0.1) is 11.3 Å². The standard InChI is InChI=1S/C25H28FN5OS/c1-18(31-15-21(26)16-31)23-12-22(28-17-30-10-6-3-7-11-30)24(33-23)25(32)29(2)14-20-9-5-4-8-19(20)13-27/h4-5,8-9,12,17,21H,1,3,6-7,10-11,14-16H2,2H3. The van der Waals surface area contributed by atoms with Gasteiger partial charge in [0.25, 0.3) is 5.91 Å².